The maximum Gasteiger partial charge on any atom is 0.408 e. The van der Waals surface area contributed by atoms with Crippen LogP contribution in [-0.4, -0.2) is 18.3 Å². The van der Waals surface area contributed by atoms with Gasteiger partial charge in [-0.15, -0.1) is 0 Å². The van der Waals surface area contributed by atoms with Gasteiger partial charge in [-0.3, -0.25) is 0 Å². The Balaban J connectivity index is 2.01. The smallest absolute Gasteiger partial charge is 0.408 e. The van der Waals surface area contributed by atoms with Crippen LogP contribution in [0, 0.1) is 0 Å². The molecule has 122 valence electrons. The van der Waals surface area contributed by atoms with E-state index in [1.165, 1.54) is 13.2 Å². The van der Waals surface area contributed by atoms with Gasteiger partial charge in [0.2, 0.25) is 0 Å². The lowest BCUT2D eigenvalue weighted by molar-refractivity contribution is 0.129. The van der Waals surface area contributed by atoms with E-state index in [4.69, 9.17) is 9.47 Å². The Morgan fingerprint density at radius 2 is 1.87 bits per heavy atom. The fourth-order valence-corrected chi connectivity index (χ4v) is 2.25. The molecule has 0 aromatic heterocycles. The molecular weight excluding hydrogens is 294 g/mol. The number of aromatic hydroxyl groups is 1. The number of alkyl carbamates (subject to hydrolysis) is 1. The molecule has 1 amide bonds. The second-order valence-electron chi connectivity index (χ2n) is 5.69. The number of hydrogen-bond acceptors (Lipinski definition) is 4. The number of carbonyl (C=O) groups excluding carboxylic acids is 1. The van der Waals surface area contributed by atoms with Crippen molar-refractivity contribution in [3.63, 3.8) is 0 Å². The largest absolute Gasteiger partial charge is 0.507 e. The van der Waals surface area contributed by atoms with E-state index >= 15 is 0 Å². The molecule has 0 unspecified atom stereocenters. The summed E-state index contributed by atoms with van der Waals surface area (Å²) in [7, 11) is 1.53. The number of carbonyl (C=O) groups is 1. The van der Waals surface area contributed by atoms with Gasteiger partial charge in [-0.1, -0.05) is 30.3 Å². The van der Waals surface area contributed by atoms with Crippen molar-refractivity contribution in [1.29, 1.82) is 0 Å². The first-order valence-corrected chi connectivity index (χ1v) is 7.29. The van der Waals surface area contributed by atoms with Crippen molar-refractivity contribution < 1.29 is 19.4 Å². The zero-order chi connectivity index (χ0) is 16.9. The van der Waals surface area contributed by atoms with Gasteiger partial charge in [-0.05, 0) is 31.5 Å². The predicted molar refractivity (Wildman–Crippen MR) is 87.4 cm³/mol. The molecule has 2 aromatic rings. The average molecular weight is 315 g/mol. The molecule has 0 bridgehead atoms. The third kappa shape index (κ3) is 4.39. The van der Waals surface area contributed by atoms with E-state index in [1.807, 2.05) is 30.3 Å². The van der Waals surface area contributed by atoms with Gasteiger partial charge in [0.15, 0.2) is 0 Å². The number of nitrogens with one attached hydrogen (secondary N) is 1. The van der Waals surface area contributed by atoms with E-state index in [9.17, 15) is 9.90 Å². The van der Waals surface area contributed by atoms with Gasteiger partial charge in [-0.2, -0.15) is 0 Å². The Morgan fingerprint density at radius 1 is 1.17 bits per heavy atom. The van der Waals surface area contributed by atoms with Crippen molar-refractivity contribution in [2.24, 2.45) is 0 Å². The van der Waals surface area contributed by atoms with Crippen molar-refractivity contribution in [3.8, 4) is 11.5 Å². The van der Waals surface area contributed by atoms with E-state index in [1.54, 1.807) is 26.0 Å². The molecule has 2 aromatic carbocycles. The summed E-state index contributed by atoms with van der Waals surface area (Å²) in [5.74, 6) is 0.603. The molecule has 23 heavy (non-hydrogen) atoms. The number of amides is 1. The molecule has 0 fully saturated rings. The van der Waals surface area contributed by atoms with Crippen LogP contribution in [0.3, 0.4) is 0 Å². The molecule has 5 nitrogen and oxygen atoms in total. The summed E-state index contributed by atoms with van der Waals surface area (Å²) >= 11 is 0. The Hall–Kier alpha value is -2.69. The minimum atomic E-state index is -0.788. The molecule has 2 rings (SSSR count). The number of phenolic OH excluding ortho intramolecular Hbond substituents is 1. The Labute approximate surface area is 135 Å². The Morgan fingerprint density at radius 3 is 2.48 bits per heavy atom. The summed E-state index contributed by atoms with van der Waals surface area (Å²) in [5, 5.41) is 12.9. The number of rotatable bonds is 5. The minimum Gasteiger partial charge on any atom is -0.507 e. The third-order valence-electron chi connectivity index (χ3n) is 3.51. The van der Waals surface area contributed by atoms with Gasteiger partial charge in [0.1, 0.15) is 18.1 Å². The van der Waals surface area contributed by atoms with Crippen LogP contribution >= 0.6 is 0 Å². The molecule has 0 saturated heterocycles. The van der Waals surface area contributed by atoms with Gasteiger partial charge in [-0.25, -0.2) is 4.79 Å². The zero-order valence-electron chi connectivity index (χ0n) is 13.5. The van der Waals surface area contributed by atoms with E-state index < -0.39 is 11.6 Å². The first-order chi connectivity index (χ1) is 10.9. The zero-order valence-corrected chi connectivity index (χ0v) is 13.5. The molecule has 0 radical (unpaired) electrons. The molecule has 0 atom stereocenters. The van der Waals surface area contributed by atoms with Crippen LogP contribution in [0.5, 0.6) is 11.5 Å². The maximum atomic E-state index is 12.0. The highest BCUT2D eigenvalue weighted by atomic mass is 16.5. The lowest BCUT2D eigenvalue weighted by Crippen LogP contribution is -2.41. The maximum absolute atomic E-state index is 12.0. The summed E-state index contributed by atoms with van der Waals surface area (Å²) in [4.78, 5) is 12.0. The summed E-state index contributed by atoms with van der Waals surface area (Å²) in [6, 6.07) is 14.4. The normalized spacial score (nSPS) is 10.9. The van der Waals surface area contributed by atoms with Crippen molar-refractivity contribution in [3.05, 3.63) is 59.7 Å². The second kappa shape index (κ2) is 7.05. The standard InChI is InChI=1S/C18H21NO4/c1-18(2,15-10-9-14(22-3)11-16(15)20)19-17(21)23-12-13-7-5-4-6-8-13/h4-11,20H,12H2,1-3H3,(H,19,21). The van der Waals surface area contributed by atoms with Crippen LogP contribution in [0.15, 0.2) is 48.5 Å². The van der Waals surface area contributed by atoms with Crippen molar-refractivity contribution >= 4 is 6.09 Å². The van der Waals surface area contributed by atoms with Gasteiger partial charge in [0.05, 0.1) is 12.6 Å². The summed E-state index contributed by atoms with van der Waals surface area (Å²) in [5.41, 5.74) is 0.701. The summed E-state index contributed by atoms with van der Waals surface area (Å²) in [6.45, 7) is 3.77. The van der Waals surface area contributed by atoms with Crippen LogP contribution < -0.4 is 10.1 Å². The number of hydrogen-bond donors (Lipinski definition) is 2. The SMILES string of the molecule is COc1ccc(C(C)(C)NC(=O)OCc2ccccc2)c(O)c1. The van der Waals surface area contributed by atoms with Crippen molar-refractivity contribution in [2.45, 2.75) is 26.0 Å². The topological polar surface area (TPSA) is 67.8 Å². The molecule has 0 heterocycles. The monoisotopic (exact) mass is 315 g/mol. The molecule has 0 aliphatic rings. The van der Waals surface area contributed by atoms with E-state index in [0.29, 0.717) is 11.3 Å². The van der Waals surface area contributed by atoms with Gasteiger partial charge >= 0.3 is 6.09 Å². The fourth-order valence-electron chi connectivity index (χ4n) is 2.25. The highest BCUT2D eigenvalue weighted by Crippen LogP contribution is 2.32. The predicted octanol–water partition coefficient (Wildman–Crippen LogP) is 3.56. The lowest BCUT2D eigenvalue weighted by atomic mass is 9.93. The molecule has 0 aliphatic heterocycles. The summed E-state index contributed by atoms with van der Waals surface area (Å²) < 4.78 is 10.3. The Kier molecular flexibility index (Phi) is 5.11. The van der Waals surface area contributed by atoms with Crippen molar-refractivity contribution in [1.82, 2.24) is 5.32 Å². The molecule has 5 heteroatoms. The number of ether oxygens (including phenoxy) is 2. The van der Waals surface area contributed by atoms with Crippen LogP contribution in [0.4, 0.5) is 4.79 Å². The van der Waals surface area contributed by atoms with Crippen LogP contribution in [0.25, 0.3) is 0 Å². The lowest BCUT2D eigenvalue weighted by Gasteiger charge is -2.27. The molecule has 0 spiro atoms. The molecule has 2 N–H and O–H groups in total. The minimum absolute atomic E-state index is 0.0534. The Bertz CT molecular complexity index is 668. The molecule has 0 aliphatic carbocycles. The molecule has 0 saturated carbocycles. The van der Waals surface area contributed by atoms with E-state index in [0.717, 1.165) is 5.56 Å². The van der Waals surface area contributed by atoms with Crippen LogP contribution in [0.1, 0.15) is 25.0 Å². The highest BCUT2D eigenvalue weighted by molar-refractivity contribution is 5.69. The van der Waals surface area contributed by atoms with Gasteiger partial charge in [0.25, 0.3) is 0 Å². The first-order valence-electron chi connectivity index (χ1n) is 7.29. The average Bonchev–Trinajstić information content (AvgIpc) is 2.53. The second-order valence-corrected chi connectivity index (χ2v) is 5.69. The van der Waals surface area contributed by atoms with E-state index in [2.05, 4.69) is 5.32 Å². The van der Waals surface area contributed by atoms with Crippen LogP contribution in [0.2, 0.25) is 0 Å². The highest BCUT2D eigenvalue weighted by Gasteiger charge is 2.26. The van der Waals surface area contributed by atoms with Crippen molar-refractivity contribution in [2.75, 3.05) is 7.11 Å². The van der Waals surface area contributed by atoms with Gasteiger partial charge < -0.3 is 19.9 Å². The number of phenols is 1. The quantitative estimate of drug-likeness (QED) is 0.885. The molecular formula is C18H21NO4. The fraction of sp³-hybridized carbons (Fsp3) is 0.278. The number of benzene rings is 2. The first kappa shape index (κ1) is 16.7. The van der Waals surface area contributed by atoms with E-state index in [-0.39, 0.29) is 12.4 Å². The summed E-state index contributed by atoms with van der Waals surface area (Å²) in [6.07, 6.45) is -0.547. The third-order valence-corrected chi connectivity index (χ3v) is 3.51. The van der Waals surface area contributed by atoms with Gasteiger partial charge in [0, 0.05) is 11.6 Å². The van der Waals surface area contributed by atoms with Crippen LogP contribution in [-0.2, 0) is 16.9 Å². The number of methoxy groups -OCH3 is 1.